The van der Waals surface area contributed by atoms with Gasteiger partial charge in [0.1, 0.15) is 5.76 Å². The van der Waals surface area contributed by atoms with Gasteiger partial charge in [-0.25, -0.2) is 4.79 Å². The fourth-order valence-electron chi connectivity index (χ4n) is 1.70. The average molecular weight is 245 g/mol. The molecule has 4 nitrogen and oxygen atoms in total. The lowest BCUT2D eigenvalue weighted by Crippen LogP contribution is -2.02. The number of nitrogen functional groups attached to an aromatic ring is 1. The highest BCUT2D eigenvalue weighted by atomic mass is 16.5. The Hall–Kier alpha value is -2.23. The maximum atomic E-state index is 11.5. The average Bonchev–Trinajstić information content (AvgIpc) is 2.78. The minimum absolute atomic E-state index is 0.187. The zero-order valence-corrected chi connectivity index (χ0v) is 10.4. The van der Waals surface area contributed by atoms with E-state index in [1.54, 1.807) is 19.1 Å². The first kappa shape index (κ1) is 12.2. The molecule has 0 spiro atoms. The smallest absolute Gasteiger partial charge is 0.374 e. The largest absolute Gasteiger partial charge is 0.460 e. The van der Waals surface area contributed by atoms with Gasteiger partial charge in [-0.2, -0.15) is 0 Å². The molecule has 1 aromatic carbocycles. The molecule has 94 valence electrons. The van der Waals surface area contributed by atoms with Gasteiger partial charge in [-0.15, -0.1) is 0 Å². The zero-order valence-electron chi connectivity index (χ0n) is 10.4. The van der Waals surface area contributed by atoms with Gasteiger partial charge in [-0.05, 0) is 43.7 Å². The van der Waals surface area contributed by atoms with Crippen molar-refractivity contribution < 1.29 is 13.9 Å². The van der Waals surface area contributed by atoms with Gasteiger partial charge in [0.05, 0.1) is 6.61 Å². The molecular weight excluding hydrogens is 230 g/mol. The van der Waals surface area contributed by atoms with E-state index in [9.17, 15) is 4.79 Å². The number of anilines is 1. The predicted molar refractivity (Wildman–Crippen MR) is 69.2 cm³/mol. The summed E-state index contributed by atoms with van der Waals surface area (Å²) in [5.74, 6) is 0.289. The second-order valence-electron chi connectivity index (χ2n) is 3.98. The first-order chi connectivity index (χ1) is 8.61. The van der Waals surface area contributed by atoms with Crippen LogP contribution in [0, 0.1) is 6.92 Å². The van der Waals surface area contributed by atoms with Crippen LogP contribution in [-0.4, -0.2) is 12.6 Å². The van der Waals surface area contributed by atoms with Gasteiger partial charge in [0.2, 0.25) is 5.76 Å². The van der Waals surface area contributed by atoms with Crippen molar-refractivity contribution >= 4 is 11.7 Å². The Balaban J connectivity index is 2.32. The summed E-state index contributed by atoms with van der Waals surface area (Å²) in [6.07, 6.45) is 0. The van der Waals surface area contributed by atoms with Gasteiger partial charge in [-0.1, -0.05) is 6.07 Å². The highest BCUT2D eigenvalue weighted by Crippen LogP contribution is 2.28. The van der Waals surface area contributed by atoms with E-state index in [4.69, 9.17) is 14.9 Å². The molecule has 0 amide bonds. The molecular formula is C14H15NO3. The van der Waals surface area contributed by atoms with E-state index in [-0.39, 0.29) is 5.76 Å². The summed E-state index contributed by atoms with van der Waals surface area (Å²) in [7, 11) is 0. The lowest BCUT2D eigenvalue weighted by atomic mass is 10.1. The third-order valence-electron chi connectivity index (χ3n) is 2.56. The lowest BCUT2D eigenvalue weighted by molar-refractivity contribution is 0.0491. The Labute approximate surface area is 105 Å². The quantitative estimate of drug-likeness (QED) is 0.666. The van der Waals surface area contributed by atoms with Crippen LogP contribution in [0.4, 0.5) is 5.69 Å². The van der Waals surface area contributed by atoms with Crippen LogP contribution in [0.1, 0.15) is 23.0 Å². The number of aryl methyl sites for hydroxylation is 1. The van der Waals surface area contributed by atoms with Gasteiger partial charge in [-0.3, -0.25) is 0 Å². The summed E-state index contributed by atoms with van der Waals surface area (Å²) >= 11 is 0. The topological polar surface area (TPSA) is 65.5 Å². The Bertz CT molecular complexity index is 572. The molecule has 0 saturated heterocycles. The van der Waals surface area contributed by atoms with Crippen LogP contribution < -0.4 is 5.73 Å². The van der Waals surface area contributed by atoms with Gasteiger partial charge in [0.15, 0.2) is 0 Å². The molecule has 2 aromatic rings. The molecule has 2 rings (SSSR count). The van der Waals surface area contributed by atoms with Gasteiger partial charge >= 0.3 is 5.97 Å². The molecule has 0 fully saturated rings. The summed E-state index contributed by atoms with van der Waals surface area (Å²) < 4.78 is 10.3. The van der Waals surface area contributed by atoms with Crippen molar-refractivity contribution in [2.24, 2.45) is 0 Å². The second kappa shape index (κ2) is 4.96. The Morgan fingerprint density at radius 2 is 2.11 bits per heavy atom. The maximum Gasteiger partial charge on any atom is 0.374 e. The molecule has 0 unspecified atom stereocenters. The molecule has 0 aliphatic heterocycles. The zero-order chi connectivity index (χ0) is 13.1. The third-order valence-corrected chi connectivity index (χ3v) is 2.56. The van der Waals surface area contributed by atoms with Crippen LogP contribution in [0.25, 0.3) is 11.3 Å². The fraction of sp³-hybridized carbons (Fsp3) is 0.214. The number of esters is 1. The first-order valence-corrected chi connectivity index (χ1v) is 5.75. The lowest BCUT2D eigenvalue weighted by Gasteiger charge is -2.03. The summed E-state index contributed by atoms with van der Waals surface area (Å²) in [6.45, 7) is 4.04. The van der Waals surface area contributed by atoms with Crippen molar-refractivity contribution in [1.82, 2.24) is 0 Å². The summed E-state index contributed by atoms with van der Waals surface area (Å²) in [6, 6.07) is 8.98. The van der Waals surface area contributed by atoms with Crippen molar-refractivity contribution in [3.63, 3.8) is 0 Å². The molecule has 1 aromatic heterocycles. The molecule has 4 heteroatoms. The number of ether oxygens (including phenoxy) is 1. The van der Waals surface area contributed by atoms with Crippen molar-refractivity contribution in [3.8, 4) is 11.3 Å². The van der Waals surface area contributed by atoms with E-state index in [1.807, 2.05) is 25.1 Å². The van der Waals surface area contributed by atoms with Crippen molar-refractivity contribution in [2.75, 3.05) is 12.3 Å². The Morgan fingerprint density at radius 3 is 2.78 bits per heavy atom. The molecule has 1 heterocycles. The minimum atomic E-state index is -0.463. The monoisotopic (exact) mass is 245 g/mol. The van der Waals surface area contributed by atoms with Gasteiger partial charge in [0.25, 0.3) is 0 Å². The van der Waals surface area contributed by atoms with Crippen LogP contribution >= 0.6 is 0 Å². The van der Waals surface area contributed by atoms with Crippen LogP contribution in [-0.2, 0) is 4.74 Å². The molecule has 0 radical (unpaired) electrons. The number of hydrogen-bond donors (Lipinski definition) is 1. The van der Waals surface area contributed by atoms with E-state index < -0.39 is 5.97 Å². The van der Waals surface area contributed by atoms with Crippen LogP contribution in [0.15, 0.2) is 34.7 Å². The SMILES string of the molecule is CCOC(=O)c1ccc(-c2ccc(C)cc2N)o1. The number of carbonyl (C=O) groups excluding carboxylic acids is 1. The predicted octanol–water partition coefficient (Wildman–Crippen LogP) is 3.01. The highest BCUT2D eigenvalue weighted by Gasteiger charge is 2.14. The van der Waals surface area contributed by atoms with E-state index in [2.05, 4.69) is 0 Å². The maximum absolute atomic E-state index is 11.5. The van der Waals surface area contributed by atoms with Gasteiger partial charge in [0, 0.05) is 11.3 Å². The van der Waals surface area contributed by atoms with Crippen LogP contribution in [0.5, 0.6) is 0 Å². The number of rotatable bonds is 3. The molecule has 0 aliphatic rings. The molecule has 18 heavy (non-hydrogen) atoms. The van der Waals surface area contributed by atoms with E-state index >= 15 is 0 Å². The molecule has 0 saturated carbocycles. The third kappa shape index (κ3) is 2.37. The first-order valence-electron chi connectivity index (χ1n) is 5.75. The molecule has 0 atom stereocenters. The normalized spacial score (nSPS) is 10.3. The number of carbonyl (C=O) groups is 1. The Kier molecular flexibility index (Phi) is 3.37. The standard InChI is InChI=1S/C14H15NO3/c1-3-17-14(16)13-7-6-12(18-13)10-5-4-9(2)8-11(10)15/h4-8H,3,15H2,1-2H3. The number of furan rings is 1. The molecule has 0 bridgehead atoms. The second-order valence-corrected chi connectivity index (χ2v) is 3.98. The van der Waals surface area contributed by atoms with E-state index in [0.29, 0.717) is 18.1 Å². The van der Waals surface area contributed by atoms with Crippen LogP contribution in [0.3, 0.4) is 0 Å². The van der Waals surface area contributed by atoms with Crippen molar-refractivity contribution in [3.05, 3.63) is 41.7 Å². The fourth-order valence-corrected chi connectivity index (χ4v) is 1.70. The number of hydrogen-bond acceptors (Lipinski definition) is 4. The van der Waals surface area contributed by atoms with Gasteiger partial charge < -0.3 is 14.9 Å². The Morgan fingerprint density at radius 1 is 1.33 bits per heavy atom. The van der Waals surface area contributed by atoms with Crippen molar-refractivity contribution in [1.29, 1.82) is 0 Å². The summed E-state index contributed by atoms with van der Waals surface area (Å²) in [5.41, 5.74) is 8.40. The summed E-state index contributed by atoms with van der Waals surface area (Å²) in [4.78, 5) is 11.5. The molecule has 0 aliphatic carbocycles. The van der Waals surface area contributed by atoms with E-state index in [0.717, 1.165) is 11.1 Å². The highest BCUT2D eigenvalue weighted by molar-refractivity contribution is 5.87. The molecule has 2 N–H and O–H groups in total. The number of nitrogens with two attached hydrogens (primary N) is 1. The minimum Gasteiger partial charge on any atom is -0.460 e. The van der Waals surface area contributed by atoms with Crippen LogP contribution in [0.2, 0.25) is 0 Å². The van der Waals surface area contributed by atoms with Crippen molar-refractivity contribution in [2.45, 2.75) is 13.8 Å². The van der Waals surface area contributed by atoms with E-state index in [1.165, 1.54) is 0 Å². The number of benzene rings is 1. The summed E-state index contributed by atoms with van der Waals surface area (Å²) in [5, 5.41) is 0.